The predicted molar refractivity (Wildman–Crippen MR) is 65.0 cm³/mol. The second-order valence-corrected chi connectivity index (χ2v) is 7.00. The lowest BCUT2D eigenvalue weighted by Crippen LogP contribution is -2.55. The van der Waals surface area contributed by atoms with E-state index in [2.05, 4.69) is 10.0 Å². The number of sulfonamides is 1. The summed E-state index contributed by atoms with van der Waals surface area (Å²) in [6.07, 6.45) is 4.57. The molecule has 0 aromatic carbocycles. The molecule has 2 aliphatic rings. The zero-order chi connectivity index (χ0) is 12.5. The van der Waals surface area contributed by atoms with Crippen molar-refractivity contribution in [2.45, 2.75) is 56.2 Å². The van der Waals surface area contributed by atoms with Gasteiger partial charge in [-0.05, 0) is 38.6 Å². The van der Waals surface area contributed by atoms with Gasteiger partial charge in [-0.25, -0.2) is 8.42 Å². The fourth-order valence-electron chi connectivity index (χ4n) is 2.44. The van der Waals surface area contributed by atoms with Gasteiger partial charge in [0, 0.05) is 0 Å². The molecule has 1 saturated carbocycles. The SMILES string of the molecule is CCCC1(C(=O)NS(=O)(=O)C2CC2)CCCN1. The second-order valence-electron chi connectivity index (χ2n) is 5.04. The van der Waals surface area contributed by atoms with Crippen LogP contribution in [0.5, 0.6) is 0 Å². The smallest absolute Gasteiger partial charge is 0.253 e. The highest BCUT2D eigenvalue weighted by atomic mass is 32.2. The third kappa shape index (κ3) is 2.63. The van der Waals surface area contributed by atoms with E-state index in [9.17, 15) is 13.2 Å². The molecule has 0 bridgehead atoms. The van der Waals surface area contributed by atoms with Gasteiger partial charge in [0.15, 0.2) is 0 Å². The summed E-state index contributed by atoms with van der Waals surface area (Å²) in [5.41, 5.74) is -0.656. The Morgan fingerprint density at radius 1 is 1.47 bits per heavy atom. The molecule has 6 heteroatoms. The average molecular weight is 260 g/mol. The zero-order valence-corrected chi connectivity index (χ0v) is 11.0. The van der Waals surface area contributed by atoms with Crippen LogP contribution in [0.15, 0.2) is 0 Å². The number of amides is 1. The average Bonchev–Trinajstić information content (AvgIpc) is 3.01. The van der Waals surface area contributed by atoms with Crippen LogP contribution < -0.4 is 10.0 Å². The first-order valence-corrected chi connectivity index (χ1v) is 7.86. The highest BCUT2D eigenvalue weighted by molar-refractivity contribution is 7.90. The molecular formula is C11H20N2O3S. The monoisotopic (exact) mass is 260 g/mol. The van der Waals surface area contributed by atoms with E-state index in [4.69, 9.17) is 0 Å². The molecule has 1 heterocycles. The molecule has 0 aromatic heterocycles. The van der Waals surface area contributed by atoms with Crippen molar-refractivity contribution in [1.29, 1.82) is 0 Å². The van der Waals surface area contributed by atoms with E-state index >= 15 is 0 Å². The summed E-state index contributed by atoms with van der Waals surface area (Å²) in [5.74, 6) is -0.358. The molecule has 1 saturated heterocycles. The third-order valence-corrected chi connectivity index (χ3v) is 5.37. The lowest BCUT2D eigenvalue weighted by Gasteiger charge is -2.27. The van der Waals surface area contributed by atoms with Crippen LogP contribution in [0.4, 0.5) is 0 Å². The summed E-state index contributed by atoms with van der Waals surface area (Å²) in [6, 6.07) is 0. The van der Waals surface area contributed by atoms with Gasteiger partial charge < -0.3 is 5.32 Å². The number of rotatable bonds is 5. The van der Waals surface area contributed by atoms with E-state index in [1.807, 2.05) is 6.92 Å². The van der Waals surface area contributed by atoms with Crippen LogP contribution >= 0.6 is 0 Å². The molecule has 1 aliphatic carbocycles. The first-order valence-electron chi connectivity index (χ1n) is 6.31. The summed E-state index contributed by atoms with van der Waals surface area (Å²) in [5, 5.41) is 2.84. The van der Waals surface area contributed by atoms with Crippen molar-refractivity contribution in [3.8, 4) is 0 Å². The van der Waals surface area contributed by atoms with Gasteiger partial charge in [-0.15, -0.1) is 0 Å². The first kappa shape index (κ1) is 12.8. The number of hydrogen-bond acceptors (Lipinski definition) is 4. The molecule has 0 aromatic rings. The van der Waals surface area contributed by atoms with Crippen LogP contribution in [0, 0.1) is 0 Å². The minimum Gasteiger partial charge on any atom is -0.303 e. The fourth-order valence-corrected chi connectivity index (χ4v) is 3.82. The van der Waals surface area contributed by atoms with Crippen molar-refractivity contribution < 1.29 is 13.2 Å². The summed E-state index contributed by atoms with van der Waals surface area (Å²) in [4.78, 5) is 12.2. The second kappa shape index (κ2) is 4.57. The van der Waals surface area contributed by atoms with Crippen LogP contribution in [0.25, 0.3) is 0 Å². The summed E-state index contributed by atoms with van der Waals surface area (Å²) in [7, 11) is -3.42. The van der Waals surface area contributed by atoms with Crippen molar-refractivity contribution in [2.75, 3.05) is 6.54 Å². The summed E-state index contributed by atoms with van der Waals surface area (Å²) in [6.45, 7) is 2.79. The zero-order valence-electron chi connectivity index (χ0n) is 10.2. The maximum absolute atomic E-state index is 12.2. The van der Waals surface area contributed by atoms with E-state index in [1.165, 1.54) is 0 Å². The molecule has 1 unspecified atom stereocenters. The van der Waals surface area contributed by atoms with E-state index in [0.29, 0.717) is 19.3 Å². The third-order valence-electron chi connectivity index (χ3n) is 3.55. The van der Waals surface area contributed by atoms with Gasteiger partial charge in [0.1, 0.15) is 0 Å². The fraction of sp³-hybridized carbons (Fsp3) is 0.909. The van der Waals surface area contributed by atoms with Gasteiger partial charge in [-0.2, -0.15) is 0 Å². The minimum absolute atomic E-state index is 0.341. The molecule has 5 nitrogen and oxygen atoms in total. The Morgan fingerprint density at radius 2 is 2.18 bits per heavy atom. The van der Waals surface area contributed by atoms with Gasteiger partial charge in [-0.3, -0.25) is 9.52 Å². The van der Waals surface area contributed by atoms with E-state index in [-0.39, 0.29) is 11.2 Å². The Kier molecular flexibility index (Phi) is 3.45. The van der Waals surface area contributed by atoms with Crippen molar-refractivity contribution in [1.82, 2.24) is 10.0 Å². The van der Waals surface area contributed by atoms with Crippen LogP contribution in [-0.2, 0) is 14.8 Å². The quantitative estimate of drug-likeness (QED) is 0.755. The van der Waals surface area contributed by atoms with Gasteiger partial charge in [0.2, 0.25) is 10.0 Å². The van der Waals surface area contributed by atoms with Gasteiger partial charge in [-0.1, -0.05) is 13.3 Å². The minimum atomic E-state index is -3.42. The predicted octanol–water partition coefficient (Wildman–Crippen LogP) is 0.517. The van der Waals surface area contributed by atoms with Gasteiger partial charge in [0.25, 0.3) is 5.91 Å². The molecule has 0 spiro atoms. The topological polar surface area (TPSA) is 75.3 Å². The Morgan fingerprint density at radius 3 is 2.65 bits per heavy atom. The van der Waals surface area contributed by atoms with E-state index in [1.54, 1.807) is 0 Å². The molecule has 17 heavy (non-hydrogen) atoms. The molecule has 1 aliphatic heterocycles. The van der Waals surface area contributed by atoms with Crippen molar-refractivity contribution in [2.24, 2.45) is 0 Å². The lowest BCUT2D eigenvalue weighted by atomic mass is 9.91. The maximum Gasteiger partial charge on any atom is 0.253 e. The van der Waals surface area contributed by atoms with E-state index in [0.717, 1.165) is 25.8 Å². The van der Waals surface area contributed by atoms with E-state index < -0.39 is 15.6 Å². The van der Waals surface area contributed by atoms with Crippen LogP contribution in [-0.4, -0.2) is 31.7 Å². The van der Waals surface area contributed by atoms with Crippen molar-refractivity contribution in [3.05, 3.63) is 0 Å². The summed E-state index contributed by atoms with van der Waals surface area (Å²) >= 11 is 0. The Balaban J connectivity index is 2.06. The highest BCUT2D eigenvalue weighted by Crippen LogP contribution is 2.29. The molecule has 98 valence electrons. The molecular weight excluding hydrogens is 240 g/mol. The summed E-state index contributed by atoms with van der Waals surface area (Å²) < 4.78 is 25.7. The van der Waals surface area contributed by atoms with Crippen molar-refractivity contribution >= 4 is 15.9 Å². The maximum atomic E-state index is 12.2. The first-order chi connectivity index (χ1) is 8.00. The standard InChI is InChI=1S/C11H20N2O3S/c1-2-6-11(7-3-8-12-11)10(14)13-17(15,16)9-4-5-9/h9,12H,2-8H2,1H3,(H,13,14). The normalized spacial score (nSPS) is 29.2. The van der Waals surface area contributed by atoms with Crippen LogP contribution in [0.2, 0.25) is 0 Å². The lowest BCUT2D eigenvalue weighted by molar-refractivity contribution is -0.125. The number of carbonyl (C=O) groups is 1. The number of nitrogens with one attached hydrogen (secondary N) is 2. The van der Waals surface area contributed by atoms with Gasteiger partial charge >= 0.3 is 0 Å². The van der Waals surface area contributed by atoms with Crippen LogP contribution in [0.3, 0.4) is 0 Å². The number of hydrogen-bond donors (Lipinski definition) is 2. The highest BCUT2D eigenvalue weighted by Gasteiger charge is 2.44. The molecule has 2 fully saturated rings. The van der Waals surface area contributed by atoms with Crippen molar-refractivity contribution in [3.63, 3.8) is 0 Å². The Labute approximate surface area is 102 Å². The molecule has 2 N–H and O–H groups in total. The Bertz CT molecular complexity index is 395. The molecule has 1 atom stereocenters. The molecule has 1 amide bonds. The van der Waals surface area contributed by atoms with Gasteiger partial charge in [0.05, 0.1) is 10.8 Å². The molecule has 2 rings (SSSR count). The Hall–Kier alpha value is -0.620. The molecule has 0 radical (unpaired) electrons. The number of carbonyl (C=O) groups excluding carboxylic acids is 1. The largest absolute Gasteiger partial charge is 0.303 e. The van der Waals surface area contributed by atoms with Crippen LogP contribution in [0.1, 0.15) is 45.4 Å².